The number of carbonyl (C=O) groups excluding carboxylic acids is 5. The average molecular weight is 431 g/mol. The highest BCUT2D eigenvalue weighted by atomic mass is 16.5. The molecule has 4 amide bonds. The Kier molecular flexibility index (Phi) is 8.30. The van der Waals surface area contributed by atoms with Gasteiger partial charge in [0.2, 0.25) is 23.6 Å². The van der Waals surface area contributed by atoms with Gasteiger partial charge in [0.15, 0.2) is 0 Å². The molecule has 0 aliphatic carbocycles. The lowest BCUT2D eigenvalue weighted by Gasteiger charge is -2.16. The molecule has 1 fully saturated rings. The number of anilines is 1. The van der Waals surface area contributed by atoms with Gasteiger partial charge in [0.05, 0.1) is 12.5 Å². The molecule has 1 saturated heterocycles. The van der Waals surface area contributed by atoms with E-state index in [-0.39, 0.29) is 49.2 Å². The molecule has 1 aromatic carbocycles. The number of esters is 1. The van der Waals surface area contributed by atoms with Crippen LogP contribution >= 0.6 is 0 Å². The molecule has 0 aromatic heterocycles. The fraction of sp³-hybridized carbons (Fsp3) is 0.500. The summed E-state index contributed by atoms with van der Waals surface area (Å²) in [6.45, 7) is 6.68. The van der Waals surface area contributed by atoms with E-state index in [1.54, 1.807) is 38.1 Å². The first-order chi connectivity index (χ1) is 14.6. The average Bonchev–Trinajstić information content (AvgIpc) is 3.00. The van der Waals surface area contributed by atoms with Gasteiger partial charge in [0, 0.05) is 18.0 Å². The van der Waals surface area contributed by atoms with Gasteiger partial charge in [-0.05, 0) is 23.6 Å². The second-order valence-corrected chi connectivity index (χ2v) is 8.16. The van der Waals surface area contributed by atoms with Crippen LogP contribution in [0.2, 0.25) is 0 Å². The lowest BCUT2D eigenvalue weighted by Crippen LogP contribution is -2.43. The molecular formula is C22H29N3O6. The van der Waals surface area contributed by atoms with Crippen molar-refractivity contribution in [1.29, 1.82) is 0 Å². The Labute approximate surface area is 181 Å². The Morgan fingerprint density at radius 3 is 2.26 bits per heavy atom. The maximum atomic E-state index is 12.2. The normalized spacial score (nSPS) is 16.1. The van der Waals surface area contributed by atoms with E-state index in [1.807, 2.05) is 13.8 Å². The van der Waals surface area contributed by atoms with Crippen LogP contribution in [0.1, 0.15) is 39.7 Å². The monoisotopic (exact) mass is 431 g/mol. The number of hydrogen-bond donors (Lipinski definition) is 2. The highest BCUT2D eigenvalue weighted by Crippen LogP contribution is 2.25. The number of nitrogens with zero attached hydrogens (tertiary/aromatic N) is 1. The van der Waals surface area contributed by atoms with Crippen molar-refractivity contribution < 1.29 is 28.7 Å². The van der Waals surface area contributed by atoms with Gasteiger partial charge >= 0.3 is 5.97 Å². The SMILES string of the molecule is CC(C)C(=O)OCc1ccc(NC(=O)CNC(=O)CN2C(=O)CC(C(C)C)C2=O)cc1. The molecule has 9 heteroatoms. The van der Waals surface area contributed by atoms with Crippen molar-refractivity contribution in [3.63, 3.8) is 0 Å². The summed E-state index contributed by atoms with van der Waals surface area (Å²) in [6.07, 6.45) is 0.108. The lowest BCUT2D eigenvalue weighted by molar-refractivity contribution is -0.148. The summed E-state index contributed by atoms with van der Waals surface area (Å²) >= 11 is 0. The van der Waals surface area contributed by atoms with Crippen LogP contribution in [0.5, 0.6) is 0 Å². The number of ether oxygens (including phenoxy) is 1. The van der Waals surface area contributed by atoms with E-state index in [1.165, 1.54) is 0 Å². The van der Waals surface area contributed by atoms with Gasteiger partial charge in [-0.15, -0.1) is 0 Å². The predicted molar refractivity (Wildman–Crippen MR) is 112 cm³/mol. The molecule has 9 nitrogen and oxygen atoms in total. The fourth-order valence-corrected chi connectivity index (χ4v) is 2.98. The predicted octanol–water partition coefficient (Wildman–Crippen LogP) is 1.47. The van der Waals surface area contributed by atoms with Gasteiger partial charge in [0.1, 0.15) is 13.2 Å². The molecule has 2 rings (SSSR count). The zero-order valence-electron chi connectivity index (χ0n) is 18.3. The van der Waals surface area contributed by atoms with Crippen LogP contribution in [-0.2, 0) is 35.3 Å². The van der Waals surface area contributed by atoms with Crippen LogP contribution in [0.4, 0.5) is 5.69 Å². The molecule has 1 unspecified atom stereocenters. The number of carbonyl (C=O) groups is 5. The van der Waals surface area contributed by atoms with E-state index in [4.69, 9.17) is 4.74 Å². The quantitative estimate of drug-likeness (QED) is 0.451. The third-order valence-electron chi connectivity index (χ3n) is 4.92. The van der Waals surface area contributed by atoms with E-state index in [9.17, 15) is 24.0 Å². The molecule has 31 heavy (non-hydrogen) atoms. The van der Waals surface area contributed by atoms with Crippen LogP contribution in [0.3, 0.4) is 0 Å². The Hall–Kier alpha value is -3.23. The van der Waals surface area contributed by atoms with Gasteiger partial charge in [-0.25, -0.2) is 0 Å². The van der Waals surface area contributed by atoms with Crippen LogP contribution < -0.4 is 10.6 Å². The Morgan fingerprint density at radius 2 is 1.71 bits per heavy atom. The molecule has 1 heterocycles. The van der Waals surface area contributed by atoms with Crippen molar-refractivity contribution in [2.45, 2.75) is 40.7 Å². The number of nitrogens with one attached hydrogen (secondary N) is 2. The molecular weight excluding hydrogens is 402 g/mol. The number of benzene rings is 1. The first-order valence-electron chi connectivity index (χ1n) is 10.2. The number of likely N-dealkylation sites (tertiary alicyclic amines) is 1. The van der Waals surface area contributed by atoms with Gasteiger partial charge in [-0.2, -0.15) is 0 Å². The number of amides is 4. The zero-order chi connectivity index (χ0) is 23.1. The van der Waals surface area contributed by atoms with Gasteiger partial charge in [-0.1, -0.05) is 39.8 Å². The molecule has 1 aromatic rings. The minimum Gasteiger partial charge on any atom is -0.461 e. The molecule has 1 atom stereocenters. The smallest absolute Gasteiger partial charge is 0.308 e. The topological polar surface area (TPSA) is 122 Å². The summed E-state index contributed by atoms with van der Waals surface area (Å²) < 4.78 is 5.14. The van der Waals surface area contributed by atoms with Gasteiger partial charge in [0.25, 0.3) is 0 Å². The van der Waals surface area contributed by atoms with E-state index in [2.05, 4.69) is 10.6 Å². The van der Waals surface area contributed by atoms with E-state index < -0.39 is 24.3 Å². The Balaban J connectivity index is 1.76. The summed E-state index contributed by atoms with van der Waals surface area (Å²) in [4.78, 5) is 60.8. The highest BCUT2D eigenvalue weighted by molar-refractivity contribution is 6.06. The molecule has 0 saturated carbocycles. The molecule has 0 bridgehead atoms. The molecule has 1 aliphatic heterocycles. The standard InChI is InChI=1S/C22H29N3O6/c1-13(2)17-9-20(28)25(21(17)29)11-19(27)23-10-18(26)24-16-7-5-15(6-8-16)12-31-22(30)14(3)4/h5-8,13-14,17H,9-12H2,1-4H3,(H,23,27)(H,24,26). The molecule has 0 spiro atoms. The van der Waals surface area contributed by atoms with Crippen molar-refractivity contribution in [3.8, 4) is 0 Å². The summed E-state index contributed by atoms with van der Waals surface area (Å²) in [5, 5.41) is 5.05. The highest BCUT2D eigenvalue weighted by Gasteiger charge is 2.40. The third-order valence-corrected chi connectivity index (χ3v) is 4.92. The Bertz CT molecular complexity index is 847. The third kappa shape index (κ3) is 6.91. The number of rotatable bonds is 9. The number of hydrogen-bond acceptors (Lipinski definition) is 6. The first-order valence-corrected chi connectivity index (χ1v) is 10.2. The van der Waals surface area contributed by atoms with Crippen molar-refractivity contribution in [3.05, 3.63) is 29.8 Å². The summed E-state index contributed by atoms with van der Waals surface area (Å²) in [7, 11) is 0. The molecule has 2 N–H and O–H groups in total. The van der Waals surface area contributed by atoms with Gasteiger partial charge < -0.3 is 15.4 Å². The second-order valence-electron chi connectivity index (χ2n) is 8.16. The fourth-order valence-electron chi connectivity index (χ4n) is 2.98. The van der Waals surface area contributed by atoms with Crippen molar-refractivity contribution in [1.82, 2.24) is 10.2 Å². The van der Waals surface area contributed by atoms with E-state index >= 15 is 0 Å². The summed E-state index contributed by atoms with van der Waals surface area (Å²) in [5.41, 5.74) is 1.29. The van der Waals surface area contributed by atoms with Gasteiger partial charge in [-0.3, -0.25) is 28.9 Å². The van der Waals surface area contributed by atoms with Crippen molar-refractivity contribution in [2.75, 3.05) is 18.4 Å². The minimum atomic E-state index is -0.580. The lowest BCUT2D eigenvalue weighted by atomic mass is 9.94. The second kappa shape index (κ2) is 10.7. The summed E-state index contributed by atoms with van der Waals surface area (Å²) in [5.74, 6) is -2.63. The van der Waals surface area contributed by atoms with Crippen LogP contribution in [0.15, 0.2) is 24.3 Å². The van der Waals surface area contributed by atoms with Crippen molar-refractivity contribution in [2.24, 2.45) is 17.8 Å². The summed E-state index contributed by atoms with van der Waals surface area (Å²) in [6, 6.07) is 6.76. The molecule has 0 radical (unpaired) electrons. The number of imide groups is 1. The maximum Gasteiger partial charge on any atom is 0.308 e. The zero-order valence-corrected chi connectivity index (χ0v) is 18.3. The van der Waals surface area contributed by atoms with Crippen LogP contribution in [-0.4, -0.2) is 47.6 Å². The maximum absolute atomic E-state index is 12.2. The van der Waals surface area contributed by atoms with Crippen LogP contribution in [0, 0.1) is 17.8 Å². The largest absolute Gasteiger partial charge is 0.461 e. The van der Waals surface area contributed by atoms with E-state index in [0.717, 1.165) is 10.5 Å². The first kappa shape index (κ1) is 24.0. The minimum absolute atomic E-state index is 0.0175. The van der Waals surface area contributed by atoms with Crippen LogP contribution in [0.25, 0.3) is 0 Å². The Morgan fingerprint density at radius 1 is 1.06 bits per heavy atom. The van der Waals surface area contributed by atoms with Crippen molar-refractivity contribution >= 4 is 35.3 Å². The molecule has 168 valence electrons. The van der Waals surface area contributed by atoms with E-state index in [0.29, 0.717) is 5.69 Å². The molecule has 1 aliphatic rings.